The Morgan fingerprint density at radius 1 is 1.10 bits per heavy atom. The lowest BCUT2D eigenvalue weighted by Gasteiger charge is -2.59. The second-order valence-electron chi connectivity index (χ2n) is 6.77. The SMILES string of the molecule is CC(=O)OCCOCCOC1CC(C)(C)N([O-])C(C)(C)C1. The second kappa shape index (κ2) is 7.54. The lowest BCUT2D eigenvalue weighted by Crippen LogP contribution is -2.59. The molecule has 1 aliphatic heterocycles. The van der Waals surface area contributed by atoms with Crippen LogP contribution in [0.15, 0.2) is 0 Å². The fraction of sp³-hybridized carbons (Fsp3) is 0.933. The molecular weight excluding hydrogens is 274 g/mol. The van der Waals surface area contributed by atoms with Crippen molar-refractivity contribution < 1.29 is 19.0 Å². The summed E-state index contributed by atoms with van der Waals surface area (Å²) in [5, 5.41) is 13.4. The van der Waals surface area contributed by atoms with Crippen LogP contribution in [0.1, 0.15) is 47.5 Å². The van der Waals surface area contributed by atoms with Crippen LogP contribution in [0.2, 0.25) is 0 Å². The topological polar surface area (TPSA) is 71.1 Å². The lowest BCUT2D eigenvalue weighted by molar-refractivity contribution is -0.142. The molecule has 0 atom stereocenters. The van der Waals surface area contributed by atoms with Crippen molar-refractivity contribution >= 4 is 5.97 Å². The zero-order chi connectivity index (χ0) is 16.1. The van der Waals surface area contributed by atoms with Gasteiger partial charge in [-0.15, -0.1) is 0 Å². The minimum Gasteiger partial charge on any atom is -0.784 e. The van der Waals surface area contributed by atoms with E-state index in [0.29, 0.717) is 32.7 Å². The number of ether oxygens (including phenoxy) is 3. The maximum atomic E-state index is 12.2. The molecule has 0 amide bonds. The molecule has 0 aliphatic carbocycles. The van der Waals surface area contributed by atoms with Gasteiger partial charge in [0.1, 0.15) is 6.61 Å². The Labute approximate surface area is 127 Å². The molecular formula is C15H28NO5-. The smallest absolute Gasteiger partial charge is 0.302 e. The molecule has 0 saturated carbocycles. The van der Waals surface area contributed by atoms with Gasteiger partial charge in [-0.2, -0.15) is 0 Å². The highest BCUT2D eigenvalue weighted by Crippen LogP contribution is 2.38. The average molecular weight is 302 g/mol. The van der Waals surface area contributed by atoms with Crippen molar-refractivity contribution in [2.75, 3.05) is 26.4 Å². The highest BCUT2D eigenvalue weighted by Gasteiger charge is 2.40. The second-order valence-corrected chi connectivity index (χ2v) is 6.77. The van der Waals surface area contributed by atoms with Crippen molar-refractivity contribution in [1.29, 1.82) is 0 Å². The lowest BCUT2D eigenvalue weighted by atomic mass is 9.80. The van der Waals surface area contributed by atoms with E-state index in [4.69, 9.17) is 14.2 Å². The van der Waals surface area contributed by atoms with E-state index in [1.165, 1.54) is 12.0 Å². The van der Waals surface area contributed by atoms with Gasteiger partial charge < -0.3 is 24.5 Å². The summed E-state index contributed by atoms with van der Waals surface area (Å²) in [5.41, 5.74) is -0.828. The summed E-state index contributed by atoms with van der Waals surface area (Å²) in [4.78, 5) is 10.6. The Hall–Kier alpha value is -0.690. The van der Waals surface area contributed by atoms with Crippen LogP contribution in [0, 0.1) is 5.21 Å². The van der Waals surface area contributed by atoms with Crippen LogP contribution in [0.4, 0.5) is 0 Å². The molecule has 6 heteroatoms. The van der Waals surface area contributed by atoms with Crippen molar-refractivity contribution in [3.05, 3.63) is 5.21 Å². The largest absolute Gasteiger partial charge is 0.784 e. The van der Waals surface area contributed by atoms with Gasteiger partial charge in [-0.05, 0) is 40.5 Å². The Morgan fingerprint density at radius 2 is 1.62 bits per heavy atom. The summed E-state index contributed by atoms with van der Waals surface area (Å²) < 4.78 is 15.9. The first kappa shape index (κ1) is 18.4. The number of hydrogen-bond donors (Lipinski definition) is 0. The zero-order valence-electron chi connectivity index (χ0n) is 13.8. The summed E-state index contributed by atoms with van der Waals surface area (Å²) in [5.74, 6) is -0.302. The molecule has 0 bridgehead atoms. The molecule has 0 aromatic heterocycles. The van der Waals surface area contributed by atoms with Gasteiger partial charge in [0, 0.05) is 18.0 Å². The van der Waals surface area contributed by atoms with Gasteiger partial charge in [0.05, 0.1) is 25.9 Å². The molecule has 0 aromatic rings. The fourth-order valence-corrected chi connectivity index (χ4v) is 2.91. The first-order valence-electron chi connectivity index (χ1n) is 7.45. The molecule has 0 unspecified atom stereocenters. The van der Waals surface area contributed by atoms with Crippen LogP contribution >= 0.6 is 0 Å². The number of nitrogens with zero attached hydrogens (tertiary/aromatic N) is 1. The monoisotopic (exact) mass is 302 g/mol. The Morgan fingerprint density at radius 3 is 2.14 bits per heavy atom. The minimum atomic E-state index is -0.414. The highest BCUT2D eigenvalue weighted by molar-refractivity contribution is 5.65. The van der Waals surface area contributed by atoms with Crippen molar-refractivity contribution in [3.63, 3.8) is 0 Å². The number of carbonyl (C=O) groups excluding carboxylic acids is 1. The van der Waals surface area contributed by atoms with E-state index in [9.17, 15) is 10.0 Å². The van der Waals surface area contributed by atoms with E-state index >= 15 is 0 Å². The molecule has 1 saturated heterocycles. The van der Waals surface area contributed by atoms with E-state index in [1.807, 2.05) is 27.7 Å². The Kier molecular flexibility index (Phi) is 6.59. The van der Waals surface area contributed by atoms with E-state index < -0.39 is 11.1 Å². The zero-order valence-corrected chi connectivity index (χ0v) is 13.8. The molecule has 0 radical (unpaired) electrons. The number of piperidine rings is 1. The summed E-state index contributed by atoms with van der Waals surface area (Å²) in [6, 6.07) is 0. The standard InChI is InChI=1S/C15H28NO5/c1-12(17)20-8-6-19-7-9-21-13-10-14(2,3)16(18)15(4,5)11-13/h13H,6-11H2,1-5H3/q-1. The summed E-state index contributed by atoms with van der Waals surface area (Å²) >= 11 is 0. The first-order chi connectivity index (χ1) is 9.65. The molecule has 0 spiro atoms. The molecule has 0 aromatic carbocycles. The Balaban J connectivity index is 2.22. The molecule has 21 heavy (non-hydrogen) atoms. The van der Waals surface area contributed by atoms with Crippen molar-refractivity contribution in [2.45, 2.75) is 64.6 Å². The van der Waals surface area contributed by atoms with Crippen LogP contribution in [-0.2, 0) is 19.0 Å². The van der Waals surface area contributed by atoms with Crippen LogP contribution < -0.4 is 0 Å². The number of hydroxylamine groups is 2. The number of hydrogen-bond acceptors (Lipinski definition) is 6. The number of esters is 1. The van der Waals surface area contributed by atoms with Crippen LogP contribution in [0.25, 0.3) is 0 Å². The fourth-order valence-electron chi connectivity index (χ4n) is 2.91. The summed E-state index contributed by atoms with van der Waals surface area (Å²) in [7, 11) is 0. The third-order valence-corrected chi connectivity index (χ3v) is 3.67. The van der Waals surface area contributed by atoms with Gasteiger partial charge in [-0.25, -0.2) is 0 Å². The molecule has 6 nitrogen and oxygen atoms in total. The van der Waals surface area contributed by atoms with Gasteiger partial charge in [0.25, 0.3) is 0 Å². The maximum Gasteiger partial charge on any atom is 0.302 e. The van der Waals surface area contributed by atoms with Gasteiger partial charge in [-0.3, -0.25) is 4.79 Å². The van der Waals surface area contributed by atoms with E-state index in [-0.39, 0.29) is 18.7 Å². The normalized spacial score (nSPS) is 22.2. The Bertz CT molecular complexity index is 325. The molecule has 0 N–H and O–H groups in total. The predicted octanol–water partition coefficient (Wildman–Crippen LogP) is 2.10. The van der Waals surface area contributed by atoms with Crippen molar-refractivity contribution in [3.8, 4) is 0 Å². The molecule has 1 heterocycles. The van der Waals surface area contributed by atoms with E-state index in [0.717, 1.165) is 0 Å². The van der Waals surface area contributed by atoms with Gasteiger partial charge in [-0.1, -0.05) is 0 Å². The molecule has 124 valence electrons. The molecule has 1 rings (SSSR count). The van der Waals surface area contributed by atoms with Crippen molar-refractivity contribution in [2.24, 2.45) is 0 Å². The van der Waals surface area contributed by atoms with Gasteiger partial charge >= 0.3 is 5.97 Å². The van der Waals surface area contributed by atoms with Crippen molar-refractivity contribution in [1.82, 2.24) is 5.06 Å². The average Bonchev–Trinajstić information content (AvgIpc) is 2.33. The highest BCUT2D eigenvalue weighted by atomic mass is 16.6. The number of carbonyl (C=O) groups is 1. The quantitative estimate of drug-likeness (QED) is 0.530. The maximum absolute atomic E-state index is 12.2. The third-order valence-electron chi connectivity index (χ3n) is 3.67. The third kappa shape index (κ3) is 5.90. The van der Waals surface area contributed by atoms with Crippen LogP contribution in [0.5, 0.6) is 0 Å². The number of rotatable bonds is 7. The molecule has 1 fully saturated rings. The van der Waals surface area contributed by atoms with Gasteiger partial charge in [0.2, 0.25) is 0 Å². The predicted molar refractivity (Wildman–Crippen MR) is 79.8 cm³/mol. The molecule has 1 aliphatic rings. The minimum absolute atomic E-state index is 0.0669. The van der Waals surface area contributed by atoms with Crippen LogP contribution in [-0.4, -0.2) is 54.6 Å². The first-order valence-corrected chi connectivity index (χ1v) is 7.45. The van der Waals surface area contributed by atoms with Crippen LogP contribution in [0.3, 0.4) is 0 Å². The van der Waals surface area contributed by atoms with E-state index in [2.05, 4.69) is 0 Å². The van der Waals surface area contributed by atoms with E-state index in [1.54, 1.807) is 0 Å². The van der Waals surface area contributed by atoms with Gasteiger partial charge in [0.15, 0.2) is 0 Å². The summed E-state index contributed by atoms with van der Waals surface area (Å²) in [6.45, 7) is 10.8. The summed E-state index contributed by atoms with van der Waals surface area (Å²) in [6.07, 6.45) is 1.50.